The van der Waals surface area contributed by atoms with Crippen molar-refractivity contribution in [2.45, 2.75) is 13.3 Å². The summed E-state index contributed by atoms with van der Waals surface area (Å²) in [5.41, 5.74) is 3.99. The number of benzene rings is 2. The van der Waals surface area contributed by atoms with Crippen LogP contribution in [0.1, 0.15) is 12.5 Å². The quantitative estimate of drug-likeness (QED) is 0.838. The first kappa shape index (κ1) is 12.8. The van der Waals surface area contributed by atoms with Gasteiger partial charge in [0.1, 0.15) is 0 Å². The van der Waals surface area contributed by atoms with Gasteiger partial charge in [0.05, 0.1) is 0 Å². The zero-order chi connectivity index (χ0) is 12.8. The van der Waals surface area contributed by atoms with E-state index in [0.717, 1.165) is 13.0 Å². The normalized spacial score (nSPS) is 12.3. The molecule has 0 spiro atoms. The average molecular weight is 239 g/mol. The van der Waals surface area contributed by atoms with Gasteiger partial charge in [0.2, 0.25) is 0 Å². The second-order valence-corrected chi connectivity index (χ2v) is 4.93. The van der Waals surface area contributed by atoms with Gasteiger partial charge in [0, 0.05) is 0 Å². The largest absolute Gasteiger partial charge is 0.319 e. The lowest BCUT2D eigenvalue weighted by molar-refractivity contribution is 0.542. The first-order chi connectivity index (χ1) is 8.79. The van der Waals surface area contributed by atoms with Gasteiger partial charge < -0.3 is 5.32 Å². The maximum atomic E-state index is 3.22. The van der Waals surface area contributed by atoms with Crippen LogP contribution in [0, 0.1) is 5.92 Å². The molecule has 1 N–H and O–H groups in total. The average Bonchev–Trinajstić information content (AvgIpc) is 2.41. The van der Waals surface area contributed by atoms with Crippen molar-refractivity contribution in [3.63, 3.8) is 0 Å². The molecule has 0 aliphatic carbocycles. The minimum absolute atomic E-state index is 0.678. The van der Waals surface area contributed by atoms with E-state index in [1.807, 2.05) is 7.05 Å². The third kappa shape index (κ3) is 3.44. The summed E-state index contributed by atoms with van der Waals surface area (Å²) in [5.74, 6) is 0.678. The highest BCUT2D eigenvalue weighted by Gasteiger charge is 2.03. The third-order valence-corrected chi connectivity index (χ3v) is 3.20. The van der Waals surface area contributed by atoms with Gasteiger partial charge in [-0.2, -0.15) is 0 Å². The minimum atomic E-state index is 0.678. The molecule has 18 heavy (non-hydrogen) atoms. The molecule has 0 saturated heterocycles. The molecule has 1 atom stereocenters. The summed E-state index contributed by atoms with van der Waals surface area (Å²) >= 11 is 0. The Labute approximate surface area is 110 Å². The molecule has 2 rings (SSSR count). The molecule has 0 bridgehead atoms. The van der Waals surface area contributed by atoms with Crippen molar-refractivity contribution >= 4 is 0 Å². The molecule has 0 aliphatic rings. The van der Waals surface area contributed by atoms with Crippen molar-refractivity contribution in [1.82, 2.24) is 5.32 Å². The Kier molecular flexibility index (Phi) is 4.54. The summed E-state index contributed by atoms with van der Waals surface area (Å²) in [4.78, 5) is 0. The van der Waals surface area contributed by atoms with Gasteiger partial charge in [0.25, 0.3) is 0 Å². The predicted octanol–water partition coefficient (Wildman–Crippen LogP) is 3.75. The molecule has 0 aliphatic heterocycles. The number of nitrogens with one attached hydrogen (secondary N) is 1. The molecule has 0 fully saturated rings. The van der Waals surface area contributed by atoms with Crippen LogP contribution in [0.2, 0.25) is 0 Å². The van der Waals surface area contributed by atoms with Crippen molar-refractivity contribution in [3.05, 3.63) is 60.2 Å². The zero-order valence-corrected chi connectivity index (χ0v) is 11.2. The minimum Gasteiger partial charge on any atom is -0.319 e. The summed E-state index contributed by atoms with van der Waals surface area (Å²) in [7, 11) is 2.01. The topological polar surface area (TPSA) is 12.0 Å². The number of hydrogen-bond donors (Lipinski definition) is 1. The van der Waals surface area contributed by atoms with E-state index >= 15 is 0 Å². The van der Waals surface area contributed by atoms with Crippen molar-refractivity contribution in [1.29, 1.82) is 0 Å². The lowest BCUT2D eigenvalue weighted by Crippen LogP contribution is -2.17. The Hall–Kier alpha value is -1.60. The summed E-state index contributed by atoms with van der Waals surface area (Å²) < 4.78 is 0. The van der Waals surface area contributed by atoms with Crippen LogP contribution in [0.15, 0.2) is 54.6 Å². The van der Waals surface area contributed by atoms with E-state index in [-0.39, 0.29) is 0 Å². The van der Waals surface area contributed by atoms with Gasteiger partial charge in [-0.15, -0.1) is 0 Å². The molecule has 1 unspecified atom stereocenters. The molecule has 0 saturated carbocycles. The van der Waals surface area contributed by atoms with Crippen molar-refractivity contribution in [2.75, 3.05) is 13.6 Å². The van der Waals surface area contributed by atoms with E-state index in [0.29, 0.717) is 5.92 Å². The SMILES string of the molecule is CNCC(C)Cc1ccc(-c2ccccc2)cc1. The molecular weight excluding hydrogens is 218 g/mol. The van der Waals surface area contributed by atoms with Crippen LogP contribution in [0.4, 0.5) is 0 Å². The fourth-order valence-electron chi connectivity index (χ4n) is 2.29. The van der Waals surface area contributed by atoms with Crippen LogP contribution in [-0.2, 0) is 6.42 Å². The molecule has 2 aromatic rings. The highest BCUT2D eigenvalue weighted by Crippen LogP contribution is 2.20. The second-order valence-electron chi connectivity index (χ2n) is 4.93. The van der Waals surface area contributed by atoms with Crippen LogP contribution in [0.25, 0.3) is 11.1 Å². The molecule has 0 amide bonds. The van der Waals surface area contributed by atoms with E-state index in [1.165, 1.54) is 16.7 Å². The Morgan fingerprint density at radius 2 is 1.50 bits per heavy atom. The van der Waals surface area contributed by atoms with Crippen LogP contribution >= 0.6 is 0 Å². The van der Waals surface area contributed by atoms with Gasteiger partial charge in [-0.25, -0.2) is 0 Å². The molecule has 0 radical (unpaired) electrons. The third-order valence-electron chi connectivity index (χ3n) is 3.20. The maximum Gasteiger partial charge on any atom is -0.00230 e. The maximum absolute atomic E-state index is 3.22. The lowest BCUT2D eigenvalue weighted by atomic mass is 9.98. The van der Waals surface area contributed by atoms with E-state index < -0.39 is 0 Å². The molecule has 1 nitrogen and oxygen atoms in total. The fourth-order valence-corrected chi connectivity index (χ4v) is 2.29. The molecule has 0 heterocycles. The second kappa shape index (κ2) is 6.36. The van der Waals surface area contributed by atoms with Crippen LogP contribution in [0.3, 0.4) is 0 Å². The zero-order valence-electron chi connectivity index (χ0n) is 11.2. The molecule has 94 valence electrons. The van der Waals surface area contributed by atoms with E-state index in [4.69, 9.17) is 0 Å². The van der Waals surface area contributed by atoms with Crippen LogP contribution in [0.5, 0.6) is 0 Å². The summed E-state index contributed by atoms with van der Waals surface area (Å²) in [6, 6.07) is 19.4. The first-order valence-corrected chi connectivity index (χ1v) is 6.58. The molecular formula is C17H21N. The number of rotatable bonds is 5. The fraction of sp³-hybridized carbons (Fsp3) is 0.294. The predicted molar refractivity (Wildman–Crippen MR) is 78.7 cm³/mol. The Balaban J connectivity index is 2.06. The Morgan fingerprint density at radius 1 is 0.889 bits per heavy atom. The van der Waals surface area contributed by atoms with Crippen LogP contribution in [-0.4, -0.2) is 13.6 Å². The Morgan fingerprint density at radius 3 is 2.11 bits per heavy atom. The van der Waals surface area contributed by atoms with E-state index in [1.54, 1.807) is 0 Å². The standard InChI is InChI=1S/C17H21N/c1-14(13-18-2)12-15-8-10-17(11-9-15)16-6-4-3-5-7-16/h3-11,14,18H,12-13H2,1-2H3. The summed E-state index contributed by atoms with van der Waals surface area (Å²) in [6.45, 7) is 3.35. The van der Waals surface area contributed by atoms with Gasteiger partial charge in [-0.05, 0) is 42.6 Å². The van der Waals surface area contributed by atoms with Crippen LogP contribution < -0.4 is 5.32 Å². The summed E-state index contributed by atoms with van der Waals surface area (Å²) in [5, 5.41) is 3.22. The molecule has 2 aromatic carbocycles. The highest BCUT2D eigenvalue weighted by molar-refractivity contribution is 5.63. The van der Waals surface area contributed by atoms with Gasteiger partial charge >= 0.3 is 0 Å². The highest BCUT2D eigenvalue weighted by atomic mass is 14.8. The first-order valence-electron chi connectivity index (χ1n) is 6.58. The van der Waals surface area contributed by atoms with Crippen molar-refractivity contribution in [2.24, 2.45) is 5.92 Å². The summed E-state index contributed by atoms with van der Waals surface area (Å²) in [6.07, 6.45) is 1.13. The molecule has 0 aromatic heterocycles. The van der Waals surface area contributed by atoms with Gasteiger partial charge in [-0.3, -0.25) is 0 Å². The van der Waals surface area contributed by atoms with E-state index in [2.05, 4.69) is 66.8 Å². The van der Waals surface area contributed by atoms with Crippen molar-refractivity contribution in [3.8, 4) is 11.1 Å². The van der Waals surface area contributed by atoms with Gasteiger partial charge in [0.15, 0.2) is 0 Å². The van der Waals surface area contributed by atoms with Gasteiger partial charge in [-0.1, -0.05) is 61.5 Å². The van der Waals surface area contributed by atoms with Crippen molar-refractivity contribution < 1.29 is 0 Å². The lowest BCUT2D eigenvalue weighted by Gasteiger charge is -2.11. The Bertz CT molecular complexity index is 459. The smallest absolute Gasteiger partial charge is 0.00230 e. The molecule has 1 heteroatoms. The monoisotopic (exact) mass is 239 g/mol. The number of hydrogen-bond acceptors (Lipinski definition) is 1. The van der Waals surface area contributed by atoms with E-state index in [9.17, 15) is 0 Å².